The minimum atomic E-state index is -1.61. The lowest BCUT2D eigenvalue weighted by Crippen LogP contribution is -2.55. The molecule has 0 unspecified atom stereocenters. The van der Waals surface area contributed by atoms with Crippen LogP contribution in [0.3, 0.4) is 0 Å². The van der Waals surface area contributed by atoms with Gasteiger partial charge >= 0.3 is 11.9 Å². The Hall–Kier alpha value is -3.16. The van der Waals surface area contributed by atoms with Crippen molar-refractivity contribution >= 4 is 22.8 Å². The molecule has 156 valence electrons. The Labute approximate surface area is 174 Å². The number of aromatic nitrogens is 1. The van der Waals surface area contributed by atoms with E-state index in [1.165, 1.54) is 14.2 Å². The Kier molecular flexibility index (Phi) is 5.32. The number of esters is 2. The van der Waals surface area contributed by atoms with Gasteiger partial charge in [0.25, 0.3) is 0 Å². The molecule has 7 nitrogen and oxygen atoms in total. The predicted octanol–water partition coefficient (Wildman–Crippen LogP) is 3.55. The van der Waals surface area contributed by atoms with Gasteiger partial charge in [-0.3, -0.25) is 14.4 Å². The van der Waals surface area contributed by atoms with Crippen molar-refractivity contribution in [1.29, 1.82) is 0 Å². The molecule has 0 saturated carbocycles. The van der Waals surface area contributed by atoms with Gasteiger partial charge in [-0.2, -0.15) is 5.06 Å². The van der Waals surface area contributed by atoms with Crippen molar-refractivity contribution in [3.63, 3.8) is 0 Å². The van der Waals surface area contributed by atoms with E-state index in [1.807, 2.05) is 54.6 Å². The van der Waals surface area contributed by atoms with Gasteiger partial charge in [-0.25, -0.2) is 0 Å². The molecule has 0 radical (unpaired) electrons. The quantitative estimate of drug-likeness (QED) is 0.525. The van der Waals surface area contributed by atoms with E-state index < -0.39 is 29.5 Å². The van der Waals surface area contributed by atoms with Crippen LogP contribution in [0.4, 0.5) is 0 Å². The van der Waals surface area contributed by atoms with Crippen molar-refractivity contribution in [2.45, 2.75) is 18.6 Å². The van der Waals surface area contributed by atoms with Crippen molar-refractivity contribution in [1.82, 2.24) is 10.0 Å². The summed E-state index contributed by atoms with van der Waals surface area (Å²) < 4.78 is 10.3. The summed E-state index contributed by atoms with van der Waals surface area (Å²) in [7, 11) is 4.29. The SMILES string of the molecule is COC(=O)C1(C(=O)OC)C[C@H](c2ccccc2)ON(C)[C@@H]1c1c[nH]c2ccccc12. The number of nitrogens with zero attached hydrogens (tertiary/aromatic N) is 1. The molecular weight excluding hydrogens is 384 g/mol. The van der Waals surface area contributed by atoms with Crippen LogP contribution in [0.5, 0.6) is 0 Å². The third kappa shape index (κ3) is 3.07. The highest BCUT2D eigenvalue weighted by Gasteiger charge is 2.61. The maximum absolute atomic E-state index is 13.2. The molecule has 4 rings (SSSR count). The monoisotopic (exact) mass is 408 g/mol. The average molecular weight is 408 g/mol. The van der Waals surface area contributed by atoms with Crippen molar-refractivity contribution < 1.29 is 23.9 Å². The second-order valence-electron chi connectivity index (χ2n) is 7.40. The molecule has 1 aromatic heterocycles. The van der Waals surface area contributed by atoms with E-state index >= 15 is 0 Å². The molecule has 2 aromatic carbocycles. The van der Waals surface area contributed by atoms with Crippen LogP contribution in [0.2, 0.25) is 0 Å². The fourth-order valence-electron chi connectivity index (χ4n) is 4.48. The molecule has 7 heteroatoms. The zero-order chi connectivity index (χ0) is 21.3. The number of rotatable bonds is 4. The summed E-state index contributed by atoms with van der Waals surface area (Å²) in [5.74, 6) is -1.30. The molecular formula is C23H24N2O5. The minimum absolute atomic E-state index is 0.0882. The average Bonchev–Trinajstić information content (AvgIpc) is 3.21. The van der Waals surface area contributed by atoms with E-state index in [4.69, 9.17) is 14.3 Å². The van der Waals surface area contributed by atoms with Crippen LogP contribution in [0.15, 0.2) is 60.8 Å². The molecule has 2 atom stereocenters. The number of methoxy groups -OCH3 is 2. The van der Waals surface area contributed by atoms with Crippen LogP contribution in [0.1, 0.15) is 29.7 Å². The number of fused-ring (bicyclic) bond motifs is 1. The number of carbonyl (C=O) groups excluding carboxylic acids is 2. The van der Waals surface area contributed by atoms with E-state index in [2.05, 4.69) is 4.98 Å². The number of carbonyl (C=O) groups is 2. The van der Waals surface area contributed by atoms with E-state index in [0.717, 1.165) is 22.0 Å². The first-order chi connectivity index (χ1) is 14.5. The van der Waals surface area contributed by atoms with E-state index in [-0.39, 0.29) is 6.42 Å². The molecule has 1 aliphatic rings. The van der Waals surface area contributed by atoms with E-state index in [1.54, 1.807) is 18.3 Å². The highest BCUT2D eigenvalue weighted by Crippen LogP contribution is 2.52. The van der Waals surface area contributed by atoms with Gasteiger partial charge < -0.3 is 14.5 Å². The first kappa shape index (κ1) is 20.1. The van der Waals surface area contributed by atoms with Crippen LogP contribution in [-0.4, -0.2) is 43.3 Å². The third-order valence-electron chi connectivity index (χ3n) is 5.82. The first-order valence-corrected chi connectivity index (χ1v) is 9.70. The van der Waals surface area contributed by atoms with Crippen molar-refractivity contribution in [3.8, 4) is 0 Å². The van der Waals surface area contributed by atoms with Gasteiger partial charge in [-0.1, -0.05) is 48.5 Å². The summed E-state index contributed by atoms with van der Waals surface area (Å²) in [4.78, 5) is 35.9. The summed E-state index contributed by atoms with van der Waals surface area (Å²) in [6.07, 6.45) is 1.37. The molecule has 0 aliphatic carbocycles. The fraction of sp³-hybridized carbons (Fsp3) is 0.304. The molecule has 0 spiro atoms. The number of benzene rings is 2. The molecule has 3 aromatic rings. The molecule has 1 aliphatic heterocycles. The van der Waals surface area contributed by atoms with Gasteiger partial charge in [0.15, 0.2) is 5.41 Å². The molecule has 0 bridgehead atoms. The molecule has 1 N–H and O–H groups in total. The number of H-pyrrole nitrogens is 1. The lowest BCUT2D eigenvalue weighted by atomic mass is 9.70. The number of hydrogen-bond donors (Lipinski definition) is 1. The second-order valence-corrected chi connectivity index (χ2v) is 7.40. The summed E-state index contributed by atoms with van der Waals surface area (Å²) in [6.45, 7) is 0. The van der Waals surface area contributed by atoms with Crippen LogP contribution in [0.25, 0.3) is 10.9 Å². The summed E-state index contributed by atoms with van der Waals surface area (Å²) in [6, 6.07) is 16.5. The highest BCUT2D eigenvalue weighted by atomic mass is 16.7. The van der Waals surface area contributed by atoms with Crippen LogP contribution < -0.4 is 0 Å². The minimum Gasteiger partial charge on any atom is -0.468 e. The number of nitrogens with one attached hydrogen (secondary N) is 1. The smallest absolute Gasteiger partial charge is 0.325 e. The zero-order valence-corrected chi connectivity index (χ0v) is 17.1. The number of aromatic amines is 1. The molecule has 1 saturated heterocycles. The lowest BCUT2D eigenvalue weighted by Gasteiger charge is -2.47. The van der Waals surface area contributed by atoms with Crippen LogP contribution in [0, 0.1) is 5.41 Å². The second kappa shape index (κ2) is 7.93. The Morgan fingerprint density at radius 2 is 1.67 bits per heavy atom. The van der Waals surface area contributed by atoms with Crippen LogP contribution in [-0.2, 0) is 23.9 Å². The molecule has 1 fully saturated rings. The Balaban J connectivity index is 1.91. The van der Waals surface area contributed by atoms with Crippen molar-refractivity contribution in [3.05, 3.63) is 71.9 Å². The number of ether oxygens (including phenoxy) is 2. The predicted molar refractivity (Wildman–Crippen MR) is 110 cm³/mol. The first-order valence-electron chi connectivity index (χ1n) is 9.70. The van der Waals surface area contributed by atoms with E-state index in [9.17, 15) is 9.59 Å². The molecule has 30 heavy (non-hydrogen) atoms. The maximum Gasteiger partial charge on any atom is 0.325 e. The van der Waals surface area contributed by atoms with Crippen LogP contribution >= 0.6 is 0 Å². The normalized spacial score (nSPS) is 21.3. The highest BCUT2D eigenvalue weighted by molar-refractivity contribution is 6.02. The van der Waals surface area contributed by atoms with Gasteiger partial charge in [-0.05, 0) is 17.2 Å². The van der Waals surface area contributed by atoms with Gasteiger partial charge in [-0.15, -0.1) is 0 Å². The summed E-state index contributed by atoms with van der Waals surface area (Å²) in [5, 5.41) is 2.47. The number of para-hydroxylation sites is 1. The van der Waals surface area contributed by atoms with Gasteiger partial charge in [0.05, 0.1) is 20.3 Å². The Morgan fingerprint density at radius 3 is 2.33 bits per heavy atom. The molecule has 2 heterocycles. The Bertz CT molecular complexity index is 1050. The standard InChI is InChI=1S/C23H24N2O5/c1-25-20(17-14-24-18-12-8-7-11-16(17)18)23(21(26)28-2,22(27)29-3)13-19(30-25)15-9-5-4-6-10-15/h4-12,14,19-20,24H,13H2,1-3H3/t19-,20-/m1/s1. The van der Waals surface area contributed by atoms with Gasteiger partial charge in [0, 0.05) is 30.6 Å². The fourth-order valence-corrected chi connectivity index (χ4v) is 4.48. The van der Waals surface area contributed by atoms with Gasteiger partial charge in [0.1, 0.15) is 6.10 Å². The summed E-state index contributed by atoms with van der Waals surface area (Å²) in [5.41, 5.74) is 0.908. The van der Waals surface area contributed by atoms with Crippen molar-refractivity contribution in [2.24, 2.45) is 5.41 Å². The third-order valence-corrected chi connectivity index (χ3v) is 5.82. The lowest BCUT2D eigenvalue weighted by molar-refractivity contribution is -0.277. The largest absolute Gasteiger partial charge is 0.468 e. The van der Waals surface area contributed by atoms with Gasteiger partial charge in [0.2, 0.25) is 0 Å². The topological polar surface area (TPSA) is 80.9 Å². The number of hydroxylamine groups is 2. The maximum atomic E-state index is 13.2. The van der Waals surface area contributed by atoms with E-state index in [0.29, 0.717) is 0 Å². The van der Waals surface area contributed by atoms with Crippen molar-refractivity contribution in [2.75, 3.05) is 21.3 Å². The zero-order valence-electron chi connectivity index (χ0n) is 17.1. The number of hydrogen-bond acceptors (Lipinski definition) is 6. The summed E-state index contributed by atoms with van der Waals surface area (Å²) >= 11 is 0. The Morgan fingerprint density at radius 1 is 1.03 bits per heavy atom. The molecule has 0 amide bonds.